The lowest BCUT2D eigenvalue weighted by atomic mass is 10.1. The van der Waals surface area contributed by atoms with Gasteiger partial charge in [0.05, 0.1) is 24.4 Å². The van der Waals surface area contributed by atoms with Crippen molar-refractivity contribution in [1.82, 2.24) is 30.2 Å². The van der Waals surface area contributed by atoms with E-state index in [-0.39, 0.29) is 12.5 Å². The van der Waals surface area contributed by atoms with E-state index in [1.54, 1.807) is 12.4 Å². The monoisotopic (exact) mass is 276 g/mol. The van der Waals surface area contributed by atoms with E-state index in [4.69, 9.17) is 5.11 Å². The van der Waals surface area contributed by atoms with Crippen molar-refractivity contribution in [1.29, 1.82) is 0 Å². The number of aryl methyl sites for hydroxylation is 1. The van der Waals surface area contributed by atoms with E-state index in [9.17, 15) is 4.79 Å². The molecule has 0 fully saturated rings. The largest absolute Gasteiger partial charge is 0.481 e. The number of hydrogen-bond acceptors (Lipinski definition) is 6. The highest BCUT2D eigenvalue weighted by molar-refractivity contribution is 5.67. The number of tetrazole rings is 1. The average molecular weight is 276 g/mol. The van der Waals surface area contributed by atoms with Crippen molar-refractivity contribution in [3.63, 3.8) is 0 Å². The van der Waals surface area contributed by atoms with Crippen LogP contribution in [0.15, 0.2) is 12.4 Å². The second-order valence-electron chi connectivity index (χ2n) is 4.53. The lowest BCUT2D eigenvalue weighted by Gasteiger charge is -2.15. The van der Waals surface area contributed by atoms with Gasteiger partial charge in [0.15, 0.2) is 0 Å². The third-order valence-electron chi connectivity index (χ3n) is 2.88. The van der Waals surface area contributed by atoms with Crippen LogP contribution in [0.5, 0.6) is 0 Å². The molecule has 1 unspecified atom stereocenters. The molecule has 2 aromatic rings. The molecule has 0 amide bonds. The summed E-state index contributed by atoms with van der Waals surface area (Å²) in [5.41, 5.74) is 1.33. The fourth-order valence-electron chi connectivity index (χ4n) is 1.96. The van der Waals surface area contributed by atoms with Crippen molar-refractivity contribution in [3.8, 4) is 11.5 Å². The molecule has 2 heterocycles. The Kier molecular flexibility index (Phi) is 4.34. The van der Waals surface area contributed by atoms with Gasteiger partial charge in [-0.2, -0.15) is 0 Å². The molecule has 106 valence electrons. The normalized spacial score (nSPS) is 12.3. The zero-order valence-corrected chi connectivity index (χ0v) is 11.4. The van der Waals surface area contributed by atoms with Crippen LogP contribution >= 0.6 is 0 Å². The van der Waals surface area contributed by atoms with E-state index < -0.39 is 5.97 Å². The first kappa shape index (κ1) is 14.0. The number of carboxylic acids is 1. The molecule has 0 saturated carbocycles. The van der Waals surface area contributed by atoms with Crippen molar-refractivity contribution in [2.45, 2.75) is 39.2 Å². The molecule has 0 aliphatic carbocycles. The molecule has 0 aliphatic heterocycles. The summed E-state index contributed by atoms with van der Waals surface area (Å²) in [6, 6.07) is -0.286. The first-order valence-electron chi connectivity index (χ1n) is 6.40. The Labute approximate surface area is 115 Å². The van der Waals surface area contributed by atoms with Gasteiger partial charge in [-0.05, 0) is 23.8 Å². The quantitative estimate of drug-likeness (QED) is 0.846. The van der Waals surface area contributed by atoms with Gasteiger partial charge in [-0.15, -0.1) is 5.10 Å². The van der Waals surface area contributed by atoms with E-state index in [1.807, 2.05) is 13.8 Å². The molecule has 0 spiro atoms. The van der Waals surface area contributed by atoms with Crippen molar-refractivity contribution in [3.05, 3.63) is 18.1 Å². The van der Waals surface area contributed by atoms with Crippen LogP contribution in [-0.4, -0.2) is 41.3 Å². The highest BCUT2D eigenvalue weighted by Crippen LogP contribution is 2.22. The van der Waals surface area contributed by atoms with Gasteiger partial charge in [-0.25, -0.2) is 9.67 Å². The maximum atomic E-state index is 11.0. The zero-order valence-electron chi connectivity index (χ0n) is 11.4. The second kappa shape index (κ2) is 6.18. The fraction of sp³-hybridized carbons (Fsp3) is 0.500. The zero-order chi connectivity index (χ0) is 14.5. The van der Waals surface area contributed by atoms with E-state index >= 15 is 0 Å². The van der Waals surface area contributed by atoms with Crippen LogP contribution in [0.4, 0.5) is 0 Å². The Morgan fingerprint density at radius 3 is 2.80 bits per heavy atom. The third kappa shape index (κ3) is 3.14. The molecule has 0 saturated heterocycles. The standard InChI is InChI=1S/C12H16N6O2/c1-3-4-9(5-11(19)20)18-12(15-16-17-18)10-7-13-8(2)6-14-10/h6-7,9H,3-5H2,1-2H3,(H,19,20). The summed E-state index contributed by atoms with van der Waals surface area (Å²) in [7, 11) is 0. The van der Waals surface area contributed by atoms with Crippen molar-refractivity contribution < 1.29 is 9.90 Å². The van der Waals surface area contributed by atoms with Crippen LogP contribution in [0.2, 0.25) is 0 Å². The van der Waals surface area contributed by atoms with Crippen molar-refractivity contribution in [2.24, 2.45) is 0 Å². The summed E-state index contributed by atoms with van der Waals surface area (Å²) >= 11 is 0. The number of aliphatic carboxylic acids is 1. The van der Waals surface area contributed by atoms with Crippen LogP contribution in [0.25, 0.3) is 11.5 Å². The van der Waals surface area contributed by atoms with E-state index in [0.29, 0.717) is 17.9 Å². The summed E-state index contributed by atoms with van der Waals surface area (Å²) in [4.78, 5) is 19.3. The van der Waals surface area contributed by atoms with Gasteiger partial charge < -0.3 is 5.11 Å². The van der Waals surface area contributed by atoms with Crippen LogP contribution in [0.1, 0.15) is 37.9 Å². The van der Waals surface area contributed by atoms with Gasteiger partial charge in [0.25, 0.3) is 0 Å². The Bertz CT molecular complexity index is 580. The molecule has 1 atom stereocenters. The number of carboxylic acid groups (broad SMARTS) is 1. The molecular weight excluding hydrogens is 260 g/mol. The van der Waals surface area contributed by atoms with Crippen LogP contribution in [-0.2, 0) is 4.79 Å². The highest BCUT2D eigenvalue weighted by Gasteiger charge is 2.21. The minimum atomic E-state index is -0.875. The predicted molar refractivity (Wildman–Crippen MR) is 69.8 cm³/mol. The Balaban J connectivity index is 2.34. The Morgan fingerprint density at radius 2 is 2.20 bits per heavy atom. The SMILES string of the molecule is CCCC(CC(=O)O)n1nnnc1-c1cnc(C)cn1. The van der Waals surface area contributed by atoms with Crippen LogP contribution in [0.3, 0.4) is 0 Å². The number of carbonyl (C=O) groups is 1. The summed E-state index contributed by atoms with van der Waals surface area (Å²) in [6.45, 7) is 3.83. The van der Waals surface area contributed by atoms with Gasteiger partial charge in [-0.1, -0.05) is 13.3 Å². The summed E-state index contributed by atoms with van der Waals surface area (Å²) in [5.74, 6) is -0.433. The summed E-state index contributed by atoms with van der Waals surface area (Å²) < 4.78 is 1.52. The molecular formula is C12H16N6O2. The maximum absolute atomic E-state index is 11.0. The Hall–Kier alpha value is -2.38. The lowest BCUT2D eigenvalue weighted by Crippen LogP contribution is -2.16. The molecule has 0 bridgehead atoms. The van der Waals surface area contributed by atoms with Gasteiger partial charge >= 0.3 is 5.97 Å². The Morgan fingerprint density at radius 1 is 1.40 bits per heavy atom. The van der Waals surface area contributed by atoms with E-state index in [1.165, 1.54) is 4.68 Å². The minimum absolute atomic E-state index is 0.0226. The molecule has 0 aliphatic rings. The van der Waals surface area contributed by atoms with Gasteiger partial charge in [0.1, 0.15) is 5.69 Å². The number of rotatable bonds is 6. The van der Waals surface area contributed by atoms with Crippen molar-refractivity contribution >= 4 is 5.97 Å². The predicted octanol–water partition coefficient (Wildman–Crippen LogP) is 1.25. The first-order chi connectivity index (χ1) is 9.61. The highest BCUT2D eigenvalue weighted by atomic mass is 16.4. The molecule has 2 aromatic heterocycles. The van der Waals surface area contributed by atoms with Crippen LogP contribution < -0.4 is 0 Å². The minimum Gasteiger partial charge on any atom is -0.481 e. The average Bonchev–Trinajstić information content (AvgIpc) is 2.88. The van der Waals surface area contributed by atoms with Crippen LogP contribution in [0, 0.1) is 6.92 Å². The molecule has 8 heteroatoms. The third-order valence-corrected chi connectivity index (χ3v) is 2.88. The smallest absolute Gasteiger partial charge is 0.305 e. The van der Waals surface area contributed by atoms with Crippen molar-refractivity contribution in [2.75, 3.05) is 0 Å². The fourth-order valence-corrected chi connectivity index (χ4v) is 1.96. The molecule has 2 rings (SSSR count). The number of nitrogens with zero attached hydrogens (tertiary/aromatic N) is 6. The summed E-state index contributed by atoms with van der Waals surface area (Å²) in [5, 5.41) is 20.5. The summed E-state index contributed by atoms with van der Waals surface area (Å²) in [6.07, 6.45) is 4.72. The van der Waals surface area contributed by atoms with E-state index in [2.05, 4.69) is 25.5 Å². The first-order valence-corrected chi connectivity index (χ1v) is 6.40. The molecule has 20 heavy (non-hydrogen) atoms. The molecule has 1 N–H and O–H groups in total. The van der Waals surface area contributed by atoms with E-state index in [0.717, 1.165) is 12.1 Å². The maximum Gasteiger partial charge on any atom is 0.305 e. The van der Waals surface area contributed by atoms with Gasteiger partial charge in [0.2, 0.25) is 5.82 Å². The topological polar surface area (TPSA) is 107 Å². The van der Waals surface area contributed by atoms with Gasteiger partial charge in [0, 0.05) is 6.20 Å². The molecule has 0 aromatic carbocycles. The number of hydrogen-bond donors (Lipinski definition) is 1. The molecule has 0 radical (unpaired) electrons. The lowest BCUT2D eigenvalue weighted by molar-refractivity contribution is -0.138. The molecule has 8 nitrogen and oxygen atoms in total. The second-order valence-corrected chi connectivity index (χ2v) is 4.53. The number of aromatic nitrogens is 6. The van der Waals surface area contributed by atoms with Gasteiger partial charge in [-0.3, -0.25) is 9.78 Å².